The van der Waals surface area contributed by atoms with E-state index in [2.05, 4.69) is 20.4 Å². The van der Waals surface area contributed by atoms with E-state index in [0.29, 0.717) is 24.4 Å². The molecule has 1 aromatic rings. The first-order valence-electron chi connectivity index (χ1n) is 6.58. The monoisotopic (exact) mass is 267 g/mol. The van der Waals surface area contributed by atoms with Crippen LogP contribution in [-0.4, -0.2) is 52.3 Å². The normalized spacial score (nSPS) is 18.7. The van der Waals surface area contributed by atoms with Crippen molar-refractivity contribution < 1.29 is 5.11 Å². The van der Waals surface area contributed by atoms with Crippen LogP contribution in [0.15, 0.2) is 0 Å². The summed E-state index contributed by atoms with van der Waals surface area (Å²) < 4.78 is 0. The molecule has 0 aliphatic carbocycles. The summed E-state index contributed by atoms with van der Waals surface area (Å²) in [6.45, 7) is 7.00. The maximum absolute atomic E-state index is 9.59. The number of hydrogen-bond acceptors (Lipinski definition) is 8. The number of aliphatic hydroxyl groups is 1. The predicted molar refractivity (Wildman–Crippen MR) is 74.0 cm³/mol. The molecule has 0 bridgehead atoms. The second kappa shape index (κ2) is 5.98. The predicted octanol–water partition coefficient (Wildman–Crippen LogP) is -0.426. The fourth-order valence-electron chi connectivity index (χ4n) is 2.13. The number of aromatic nitrogens is 3. The first-order valence-corrected chi connectivity index (χ1v) is 6.58. The van der Waals surface area contributed by atoms with Gasteiger partial charge in [0.05, 0.1) is 6.10 Å². The van der Waals surface area contributed by atoms with E-state index in [9.17, 15) is 5.11 Å². The summed E-state index contributed by atoms with van der Waals surface area (Å²) in [7, 11) is 0. The lowest BCUT2D eigenvalue weighted by atomic mass is 10.3. The number of β-amino-alcohol motifs (C(OH)–C–C–N with tert-alkyl or cyclic N) is 1. The molecular formula is C11H21N7O. The second-order valence-electron chi connectivity index (χ2n) is 4.46. The van der Waals surface area contributed by atoms with Crippen LogP contribution >= 0.6 is 0 Å². The van der Waals surface area contributed by atoms with Gasteiger partial charge >= 0.3 is 0 Å². The molecule has 19 heavy (non-hydrogen) atoms. The first kappa shape index (κ1) is 13.8. The quantitative estimate of drug-likeness (QED) is 0.488. The second-order valence-corrected chi connectivity index (χ2v) is 4.46. The van der Waals surface area contributed by atoms with Crippen molar-refractivity contribution in [2.75, 3.05) is 41.4 Å². The van der Waals surface area contributed by atoms with E-state index in [1.807, 2.05) is 23.6 Å². The third-order valence-electron chi connectivity index (χ3n) is 3.23. The maximum atomic E-state index is 9.59. The molecule has 2 heterocycles. The van der Waals surface area contributed by atoms with Crippen molar-refractivity contribution in [3.05, 3.63) is 0 Å². The van der Waals surface area contributed by atoms with Gasteiger partial charge in [0.25, 0.3) is 0 Å². The fourth-order valence-corrected chi connectivity index (χ4v) is 2.13. The van der Waals surface area contributed by atoms with Crippen LogP contribution in [0, 0.1) is 0 Å². The zero-order valence-corrected chi connectivity index (χ0v) is 11.4. The molecule has 2 rings (SSSR count). The first-order chi connectivity index (χ1) is 9.17. The molecule has 8 heteroatoms. The standard InChI is InChI=1S/C11H21N7O/c1-3-17(4-2)10-13-9(16-12)14-11(15-10)18-6-5-8(19)7-18/h8,19H,3-7,12H2,1-2H3,(H,13,14,15,16). The number of nitrogens with zero attached hydrogens (tertiary/aromatic N) is 5. The lowest BCUT2D eigenvalue weighted by Crippen LogP contribution is -2.29. The molecule has 1 aromatic heterocycles. The van der Waals surface area contributed by atoms with Crippen molar-refractivity contribution in [3.8, 4) is 0 Å². The fraction of sp³-hybridized carbons (Fsp3) is 0.727. The van der Waals surface area contributed by atoms with Crippen LogP contribution in [0.4, 0.5) is 17.8 Å². The zero-order chi connectivity index (χ0) is 13.8. The van der Waals surface area contributed by atoms with E-state index in [1.54, 1.807) is 0 Å². The van der Waals surface area contributed by atoms with Gasteiger partial charge < -0.3 is 14.9 Å². The highest BCUT2D eigenvalue weighted by Gasteiger charge is 2.24. The Kier molecular flexibility index (Phi) is 4.33. The Labute approximate surface area is 112 Å². The number of nitrogens with two attached hydrogens (primary N) is 1. The van der Waals surface area contributed by atoms with Crippen LogP contribution in [0.25, 0.3) is 0 Å². The Hall–Kier alpha value is -1.67. The van der Waals surface area contributed by atoms with Crippen LogP contribution in [0.5, 0.6) is 0 Å². The molecular weight excluding hydrogens is 246 g/mol. The molecule has 106 valence electrons. The van der Waals surface area contributed by atoms with Crippen LogP contribution in [0.1, 0.15) is 20.3 Å². The number of nitrogen functional groups attached to an aromatic ring is 1. The number of hydrogen-bond donors (Lipinski definition) is 3. The topological polar surface area (TPSA) is 103 Å². The highest BCUT2D eigenvalue weighted by Crippen LogP contribution is 2.20. The molecule has 4 N–H and O–H groups in total. The third kappa shape index (κ3) is 3.02. The van der Waals surface area contributed by atoms with Gasteiger partial charge in [0.15, 0.2) is 0 Å². The van der Waals surface area contributed by atoms with Gasteiger partial charge in [-0.25, -0.2) is 5.84 Å². The van der Waals surface area contributed by atoms with Crippen molar-refractivity contribution in [2.24, 2.45) is 5.84 Å². The number of aliphatic hydroxyl groups excluding tert-OH is 1. The van der Waals surface area contributed by atoms with Gasteiger partial charge in [0.2, 0.25) is 17.8 Å². The van der Waals surface area contributed by atoms with Crippen molar-refractivity contribution >= 4 is 17.8 Å². The SMILES string of the molecule is CCN(CC)c1nc(NN)nc(N2CCC(O)C2)n1. The molecule has 1 aliphatic heterocycles. The summed E-state index contributed by atoms with van der Waals surface area (Å²) in [6, 6.07) is 0. The molecule has 0 spiro atoms. The Morgan fingerprint density at radius 3 is 2.63 bits per heavy atom. The summed E-state index contributed by atoms with van der Waals surface area (Å²) in [6.07, 6.45) is 0.417. The molecule has 0 radical (unpaired) electrons. The minimum absolute atomic E-state index is 0.317. The highest BCUT2D eigenvalue weighted by atomic mass is 16.3. The van der Waals surface area contributed by atoms with Gasteiger partial charge in [-0.05, 0) is 20.3 Å². The van der Waals surface area contributed by atoms with Crippen LogP contribution < -0.4 is 21.1 Å². The summed E-state index contributed by atoms with van der Waals surface area (Å²) in [5, 5.41) is 9.59. The van der Waals surface area contributed by atoms with E-state index >= 15 is 0 Å². The van der Waals surface area contributed by atoms with Crippen molar-refractivity contribution in [3.63, 3.8) is 0 Å². The van der Waals surface area contributed by atoms with Crippen molar-refractivity contribution in [1.82, 2.24) is 15.0 Å². The number of anilines is 3. The van der Waals surface area contributed by atoms with Gasteiger partial charge in [-0.1, -0.05) is 0 Å². The van der Waals surface area contributed by atoms with E-state index in [4.69, 9.17) is 5.84 Å². The molecule has 1 saturated heterocycles. The number of rotatable bonds is 5. The van der Waals surface area contributed by atoms with Gasteiger partial charge in [-0.3, -0.25) is 5.43 Å². The van der Waals surface area contributed by atoms with E-state index in [0.717, 1.165) is 26.1 Å². The summed E-state index contributed by atoms with van der Waals surface area (Å²) in [4.78, 5) is 16.9. The summed E-state index contributed by atoms with van der Waals surface area (Å²) in [5.41, 5.74) is 2.47. The van der Waals surface area contributed by atoms with Gasteiger partial charge in [-0.15, -0.1) is 0 Å². The lowest BCUT2D eigenvalue weighted by Gasteiger charge is -2.22. The number of nitrogens with one attached hydrogen (secondary N) is 1. The third-order valence-corrected chi connectivity index (χ3v) is 3.23. The van der Waals surface area contributed by atoms with Crippen LogP contribution in [0.3, 0.4) is 0 Å². The average molecular weight is 267 g/mol. The Morgan fingerprint density at radius 2 is 2.11 bits per heavy atom. The average Bonchev–Trinajstić information content (AvgIpc) is 2.86. The molecule has 1 aliphatic rings. The largest absolute Gasteiger partial charge is 0.391 e. The molecule has 1 fully saturated rings. The van der Waals surface area contributed by atoms with Crippen molar-refractivity contribution in [2.45, 2.75) is 26.4 Å². The summed E-state index contributed by atoms with van der Waals surface area (Å²) >= 11 is 0. The van der Waals surface area contributed by atoms with Crippen LogP contribution in [0.2, 0.25) is 0 Å². The van der Waals surface area contributed by atoms with Gasteiger partial charge in [0.1, 0.15) is 0 Å². The van der Waals surface area contributed by atoms with Crippen LogP contribution in [-0.2, 0) is 0 Å². The van der Waals surface area contributed by atoms with E-state index < -0.39 is 0 Å². The Balaban J connectivity index is 2.30. The lowest BCUT2D eigenvalue weighted by molar-refractivity contribution is 0.198. The zero-order valence-electron chi connectivity index (χ0n) is 11.4. The number of hydrazine groups is 1. The highest BCUT2D eigenvalue weighted by molar-refractivity contribution is 5.45. The maximum Gasteiger partial charge on any atom is 0.243 e. The Bertz CT molecular complexity index is 424. The molecule has 8 nitrogen and oxygen atoms in total. The minimum atomic E-state index is -0.317. The minimum Gasteiger partial charge on any atom is -0.391 e. The van der Waals surface area contributed by atoms with E-state index in [1.165, 1.54) is 0 Å². The molecule has 1 unspecified atom stereocenters. The van der Waals surface area contributed by atoms with E-state index in [-0.39, 0.29) is 6.10 Å². The summed E-state index contributed by atoms with van der Waals surface area (Å²) in [5.74, 6) is 6.91. The van der Waals surface area contributed by atoms with Gasteiger partial charge in [-0.2, -0.15) is 15.0 Å². The molecule has 0 saturated carbocycles. The molecule has 0 aromatic carbocycles. The van der Waals surface area contributed by atoms with Gasteiger partial charge in [0, 0.05) is 26.2 Å². The smallest absolute Gasteiger partial charge is 0.243 e. The molecule has 1 atom stereocenters. The van der Waals surface area contributed by atoms with Crippen molar-refractivity contribution in [1.29, 1.82) is 0 Å². The molecule has 0 amide bonds. The Morgan fingerprint density at radius 1 is 1.37 bits per heavy atom.